The zero-order valence-corrected chi connectivity index (χ0v) is 11.2. The number of aliphatic carboxylic acids is 1. The molecule has 1 fully saturated rings. The van der Waals surface area contributed by atoms with Crippen LogP contribution in [0.15, 0.2) is 18.2 Å². The Bertz CT molecular complexity index is 619. The number of likely N-dealkylation sites (tertiary alicyclic amines) is 1. The highest BCUT2D eigenvalue weighted by molar-refractivity contribution is 5.95. The fourth-order valence-electron chi connectivity index (χ4n) is 2.50. The van der Waals surface area contributed by atoms with Crippen LogP contribution in [0.3, 0.4) is 0 Å². The lowest BCUT2D eigenvalue weighted by Gasteiger charge is -2.23. The standard InChI is InChI=1S/C13H13FN2O5/c1-7-9(13(18)19)4-5-15(7)12(17)10-3-2-8(16(20)21)6-11(10)14/h2-3,6-7,9H,4-5H2,1H3,(H,18,19). The third kappa shape index (κ3) is 2.69. The van der Waals surface area contributed by atoms with Crippen molar-refractivity contribution in [2.75, 3.05) is 6.54 Å². The van der Waals surface area contributed by atoms with Crippen LogP contribution in [-0.4, -0.2) is 39.4 Å². The number of carboxylic acids is 1. The fraction of sp³-hybridized carbons (Fsp3) is 0.385. The molecule has 1 amide bonds. The molecule has 0 saturated carbocycles. The highest BCUT2D eigenvalue weighted by atomic mass is 19.1. The highest BCUT2D eigenvalue weighted by Crippen LogP contribution is 2.27. The molecule has 1 aromatic carbocycles. The first-order valence-electron chi connectivity index (χ1n) is 6.30. The molecule has 0 aromatic heterocycles. The largest absolute Gasteiger partial charge is 0.481 e. The lowest BCUT2D eigenvalue weighted by Crippen LogP contribution is -2.38. The van der Waals surface area contributed by atoms with Gasteiger partial charge >= 0.3 is 5.97 Å². The fourth-order valence-corrected chi connectivity index (χ4v) is 2.50. The number of hydrogen-bond donors (Lipinski definition) is 1. The minimum Gasteiger partial charge on any atom is -0.481 e. The number of halogens is 1. The monoisotopic (exact) mass is 296 g/mol. The second kappa shape index (κ2) is 5.47. The molecule has 2 rings (SSSR count). The zero-order chi connectivity index (χ0) is 15.7. The molecule has 1 aromatic rings. The summed E-state index contributed by atoms with van der Waals surface area (Å²) in [5, 5.41) is 19.6. The van der Waals surface area contributed by atoms with E-state index in [2.05, 4.69) is 0 Å². The Labute approximate surface area is 119 Å². The summed E-state index contributed by atoms with van der Waals surface area (Å²) in [6.45, 7) is 1.81. The number of amides is 1. The van der Waals surface area contributed by atoms with Crippen LogP contribution in [0.25, 0.3) is 0 Å². The van der Waals surface area contributed by atoms with E-state index in [0.29, 0.717) is 12.5 Å². The number of carboxylic acid groups (broad SMARTS) is 1. The molecule has 7 nitrogen and oxygen atoms in total. The summed E-state index contributed by atoms with van der Waals surface area (Å²) in [4.78, 5) is 34.3. The molecular formula is C13H13FN2O5. The van der Waals surface area contributed by atoms with E-state index in [-0.39, 0.29) is 12.1 Å². The van der Waals surface area contributed by atoms with Crippen LogP contribution in [0.5, 0.6) is 0 Å². The van der Waals surface area contributed by atoms with E-state index in [1.807, 2.05) is 0 Å². The Morgan fingerprint density at radius 1 is 1.48 bits per heavy atom. The topological polar surface area (TPSA) is 101 Å². The van der Waals surface area contributed by atoms with Gasteiger partial charge in [0.15, 0.2) is 0 Å². The van der Waals surface area contributed by atoms with Crippen molar-refractivity contribution < 1.29 is 24.0 Å². The molecule has 0 spiro atoms. The number of benzene rings is 1. The first kappa shape index (κ1) is 14.9. The van der Waals surface area contributed by atoms with Crippen LogP contribution in [0, 0.1) is 21.8 Å². The van der Waals surface area contributed by atoms with Gasteiger partial charge in [-0.1, -0.05) is 0 Å². The predicted octanol–water partition coefficient (Wildman–Crippen LogP) is 1.67. The molecule has 21 heavy (non-hydrogen) atoms. The molecule has 1 N–H and O–H groups in total. The molecule has 0 bridgehead atoms. The predicted molar refractivity (Wildman–Crippen MR) is 69.3 cm³/mol. The number of hydrogen-bond acceptors (Lipinski definition) is 4. The summed E-state index contributed by atoms with van der Waals surface area (Å²) in [7, 11) is 0. The zero-order valence-electron chi connectivity index (χ0n) is 11.2. The van der Waals surface area contributed by atoms with Gasteiger partial charge in [0.2, 0.25) is 0 Å². The van der Waals surface area contributed by atoms with Crippen molar-refractivity contribution in [2.24, 2.45) is 5.92 Å². The van der Waals surface area contributed by atoms with Gasteiger partial charge in [-0.05, 0) is 19.4 Å². The minimum atomic E-state index is -0.998. The quantitative estimate of drug-likeness (QED) is 0.675. The average Bonchev–Trinajstić information content (AvgIpc) is 2.79. The van der Waals surface area contributed by atoms with E-state index in [0.717, 1.165) is 12.1 Å². The molecule has 1 saturated heterocycles. The number of rotatable bonds is 3. The Balaban J connectivity index is 2.25. The third-order valence-electron chi connectivity index (χ3n) is 3.73. The number of carbonyl (C=O) groups is 2. The molecule has 2 unspecified atom stereocenters. The van der Waals surface area contributed by atoms with E-state index >= 15 is 0 Å². The molecule has 2 atom stereocenters. The van der Waals surface area contributed by atoms with Gasteiger partial charge in [0.25, 0.3) is 11.6 Å². The van der Waals surface area contributed by atoms with E-state index in [1.165, 1.54) is 4.90 Å². The molecule has 0 radical (unpaired) electrons. The van der Waals surface area contributed by atoms with Crippen molar-refractivity contribution in [3.63, 3.8) is 0 Å². The summed E-state index contributed by atoms with van der Waals surface area (Å²) in [6, 6.07) is 2.23. The summed E-state index contributed by atoms with van der Waals surface area (Å²) in [5.74, 6) is -3.32. The van der Waals surface area contributed by atoms with Crippen molar-refractivity contribution in [1.82, 2.24) is 4.90 Å². The maximum absolute atomic E-state index is 13.8. The smallest absolute Gasteiger partial charge is 0.308 e. The van der Waals surface area contributed by atoms with E-state index in [4.69, 9.17) is 5.11 Å². The van der Waals surface area contributed by atoms with Gasteiger partial charge in [-0.15, -0.1) is 0 Å². The van der Waals surface area contributed by atoms with Crippen molar-refractivity contribution in [2.45, 2.75) is 19.4 Å². The normalized spacial score (nSPS) is 21.3. The van der Waals surface area contributed by atoms with Gasteiger partial charge in [0, 0.05) is 18.7 Å². The second-order valence-electron chi connectivity index (χ2n) is 4.89. The lowest BCUT2D eigenvalue weighted by molar-refractivity contribution is -0.385. The van der Waals surface area contributed by atoms with Crippen LogP contribution in [0.4, 0.5) is 10.1 Å². The second-order valence-corrected chi connectivity index (χ2v) is 4.89. The SMILES string of the molecule is CC1C(C(=O)O)CCN1C(=O)c1ccc([N+](=O)[O-])cc1F. The van der Waals surface area contributed by atoms with Crippen molar-refractivity contribution in [3.05, 3.63) is 39.7 Å². The summed E-state index contributed by atoms with van der Waals surface area (Å²) in [6.07, 6.45) is 0.302. The van der Waals surface area contributed by atoms with Gasteiger partial charge in [-0.3, -0.25) is 19.7 Å². The Kier molecular flexibility index (Phi) is 3.88. The van der Waals surface area contributed by atoms with Crippen LogP contribution < -0.4 is 0 Å². The highest BCUT2D eigenvalue weighted by Gasteiger charge is 2.39. The molecule has 8 heteroatoms. The van der Waals surface area contributed by atoms with Crippen LogP contribution >= 0.6 is 0 Å². The first-order chi connectivity index (χ1) is 9.82. The molecule has 1 aliphatic rings. The number of carbonyl (C=O) groups excluding carboxylic acids is 1. The van der Waals surface area contributed by atoms with Gasteiger partial charge in [0.1, 0.15) is 5.82 Å². The van der Waals surface area contributed by atoms with Gasteiger partial charge in [0.05, 0.1) is 22.5 Å². The summed E-state index contributed by atoms with van der Waals surface area (Å²) >= 11 is 0. The number of nitro groups is 1. The van der Waals surface area contributed by atoms with Crippen LogP contribution in [-0.2, 0) is 4.79 Å². The maximum Gasteiger partial charge on any atom is 0.308 e. The summed E-state index contributed by atoms with van der Waals surface area (Å²) in [5.41, 5.74) is -0.736. The molecule has 112 valence electrons. The van der Waals surface area contributed by atoms with Crippen LogP contribution in [0.1, 0.15) is 23.7 Å². The molecule has 0 aliphatic carbocycles. The average molecular weight is 296 g/mol. The molecule has 1 aliphatic heterocycles. The first-order valence-corrected chi connectivity index (χ1v) is 6.30. The van der Waals surface area contributed by atoms with Crippen molar-refractivity contribution in [3.8, 4) is 0 Å². The number of nitro benzene ring substituents is 1. The molecule has 1 heterocycles. The van der Waals surface area contributed by atoms with E-state index in [1.54, 1.807) is 6.92 Å². The van der Waals surface area contributed by atoms with Gasteiger partial charge in [-0.2, -0.15) is 0 Å². The van der Waals surface area contributed by atoms with Gasteiger partial charge in [-0.25, -0.2) is 4.39 Å². The Morgan fingerprint density at radius 2 is 2.14 bits per heavy atom. The van der Waals surface area contributed by atoms with E-state index in [9.17, 15) is 24.1 Å². The number of nitrogens with zero attached hydrogens (tertiary/aromatic N) is 2. The summed E-state index contributed by atoms with van der Waals surface area (Å²) < 4.78 is 13.8. The molecular weight excluding hydrogens is 283 g/mol. The Hall–Kier alpha value is -2.51. The van der Waals surface area contributed by atoms with Gasteiger partial charge < -0.3 is 10.0 Å². The number of non-ortho nitro benzene ring substituents is 1. The van der Waals surface area contributed by atoms with E-state index < -0.39 is 40.3 Å². The maximum atomic E-state index is 13.8. The Morgan fingerprint density at radius 3 is 2.62 bits per heavy atom. The lowest BCUT2D eigenvalue weighted by atomic mass is 10.0. The van der Waals surface area contributed by atoms with Crippen molar-refractivity contribution >= 4 is 17.6 Å². The van der Waals surface area contributed by atoms with Crippen LogP contribution in [0.2, 0.25) is 0 Å². The minimum absolute atomic E-state index is 0.216. The third-order valence-corrected chi connectivity index (χ3v) is 3.73. The van der Waals surface area contributed by atoms with Crippen molar-refractivity contribution in [1.29, 1.82) is 0 Å².